The largest absolute Gasteiger partial charge is 0.492 e. The summed E-state index contributed by atoms with van der Waals surface area (Å²) in [5.41, 5.74) is 1.08. The van der Waals surface area contributed by atoms with Gasteiger partial charge < -0.3 is 10.1 Å². The van der Waals surface area contributed by atoms with Gasteiger partial charge in [-0.25, -0.2) is 4.98 Å². The SMILES string of the molecule is CNCc1csc(CCOc2ccccc2Cl)n1. The second-order valence-corrected chi connectivity index (χ2v) is 5.14. The molecule has 0 aliphatic heterocycles. The minimum Gasteiger partial charge on any atom is -0.492 e. The molecule has 0 atom stereocenters. The van der Waals surface area contributed by atoms with Gasteiger partial charge in [0.1, 0.15) is 5.75 Å². The van der Waals surface area contributed by atoms with Crippen LogP contribution in [0.1, 0.15) is 10.7 Å². The lowest BCUT2D eigenvalue weighted by molar-refractivity contribution is 0.322. The highest BCUT2D eigenvalue weighted by Gasteiger charge is 2.03. The van der Waals surface area contributed by atoms with Crippen molar-refractivity contribution in [3.63, 3.8) is 0 Å². The third-order valence-corrected chi connectivity index (χ3v) is 3.64. The van der Waals surface area contributed by atoms with E-state index in [9.17, 15) is 0 Å². The molecule has 0 aliphatic carbocycles. The molecule has 0 bridgehead atoms. The first-order chi connectivity index (χ1) is 8.79. The van der Waals surface area contributed by atoms with Gasteiger partial charge in [-0.2, -0.15) is 0 Å². The van der Waals surface area contributed by atoms with E-state index in [0.717, 1.165) is 29.4 Å². The van der Waals surface area contributed by atoms with Crippen LogP contribution in [-0.2, 0) is 13.0 Å². The molecule has 2 rings (SSSR count). The molecule has 3 nitrogen and oxygen atoms in total. The molecule has 0 aliphatic rings. The van der Waals surface area contributed by atoms with Crippen LogP contribution in [0.4, 0.5) is 0 Å². The molecule has 1 N–H and O–H groups in total. The van der Waals surface area contributed by atoms with Crippen LogP contribution in [0.2, 0.25) is 5.02 Å². The molecule has 0 fully saturated rings. The summed E-state index contributed by atoms with van der Waals surface area (Å²) in [6, 6.07) is 7.50. The fraction of sp³-hybridized carbons (Fsp3) is 0.308. The second kappa shape index (κ2) is 6.73. The Morgan fingerprint density at radius 2 is 2.22 bits per heavy atom. The molecule has 0 saturated carbocycles. The van der Waals surface area contributed by atoms with Crippen molar-refractivity contribution in [2.75, 3.05) is 13.7 Å². The Morgan fingerprint density at radius 1 is 1.39 bits per heavy atom. The maximum atomic E-state index is 6.01. The Labute approximate surface area is 116 Å². The van der Waals surface area contributed by atoms with Gasteiger partial charge >= 0.3 is 0 Å². The summed E-state index contributed by atoms with van der Waals surface area (Å²) < 4.78 is 5.63. The molecule has 0 spiro atoms. The number of nitrogens with zero attached hydrogens (tertiary/aromatic N) is 1. The van der Waals surface area contributed by atoms with Gasteiger partial charge in [0.2, 0.25) is 0 Å². The Kier molecular flexibility index (Phi) is 4.99. The third-order valence-electron chi connectivity index (χ3n) is 2.37. The van der Waals surface area contributed by atoms with E-state index in [1.54, 1.807) is 11.3 Å². The van der Waals surface area contributed by atoms with Gasteiger partial charge in [0.15, 0.2) is 0 Å². The number of halogens is 1. The van der Waals surface area contributed by atoms with E-state index in [1.165, 1.54) is 0 Å². The summed E-state index contributed by atoms with van der Waals surface area (Å²) in [4.78, 5) is 4.50. The van der Waals surface area contributed by atoms with Crippen LogP contribution in [0.3, 0.4) is 0 Å². The van der Waals surface area contributed by atoms with E-state index in [2.05, 4.69) is 15.7 Å². The van der Waals surface area contributed by atoms with Gasteiger partial charge in [0.05, 0.1) is 22.3 Å². The number of hydrogen-bond donors (Lipinski definition) is 1. The van der Waals surface area contributed by atoms with Crippen molar-refractivity contribution in [2.24, 2.45) is 0 Å². The van der Waals surface area contributed by atoms with Crippen molar-refractivity contribution < 1.29 is 4.74 Å². The maximum Gasteiger partial charge on any atom is 0.137 e. The van der Waals surface area contributed by atoms with Crippen molar-refractivity contribution in [3.8, 4) is 5.75 Å². The fourth-order valence-corrected chi connectivity index (χ4v) is 2.51. The Morgan fingerprint density at radius 3 is 3.00 bits per heavy atom. The molecule has 96 valence electrons. The van der Waals surface area contributed by atoms with Crippen molar-refractivity contribution in [1.29, 1.82) is 0 Å². The molecule has 18 heavy (non-hydrogen) atoms. The molecule has 1 heterocycles. The van der Waals surface area contributed by atoms with Gasteiger partial charge in [-0.1, -0.05) is 23.7 Å². The van der Waals surface area contributed by atoms with E-state index < -0.39 is 0 Å². The van der Waals surface area contributed by atoms with Crippen LogP contribution < -0.4 is 10.1 Å². The Balaban J connectivity index is 1.83. The average Bonchev–Trinajstić information content (AvgIpc) is 2.80. The van der Waals surface area contributed by atoms with Crippen LogP contribution in [-0.4, -0.2) is 18.6 Å². The lowest BCUT2D eigenvalue weighted by Gasteiger charge is -2.06. The van der Waals surface area contributed by atoms with Crippen LogP contribution >= 0.6 is 22.9 Å². The van der Waals surface area contributed by atoms with Crippen molar-refractivity contribution >= 4 is 22.9 Å². The first kappa shape index (κ1) is 13.3. The quantitative estimate of drug-likeness (QED) is 0.884. The first-order valence-corrected chi connectivity index (χ1v) is 7.00. The highest BCUT2D eigenvalue weighted by Crippen LogP contribution is 2.23. The predicted molar refractivity (Wildman–Crippen MR) is 75.5 cm³/mol. The molecule has 2 aromatic rings. The van der Waals surface area contributed by atoms with Gasteiger partial charge in [-0.15, -0.1) is 11.3 Å². The number of benzene rings is 1. The summed E-state index contributed by atoms with van der Waals surface area (Å²) in [7, 11) is 1.92. The van der Waals surface area contributed by atoms with Crippen LogP contribution in [0.5, 0.6) is 5.75 Å². The molecule has 5 heteroatoms. The number of para-hydroxylation sites is 1. The van der Waals surface area contributed by atoms with Crippen molar-refractivity contribution in [3.05, 3.63) is 45.4 Å². The monoisotopic (exact) mass is 282 g/mol. The van der Waals surface area contributed by atoms with E-state index in [4.69, 9.17) is 16.3 Å². The minimum atomic E-state index is 0.593. The van der Waals surface area contributed by atoms with Gasteiger partial charge in [-0.05, 0) is 19.2 Å². The van der Waals surface area contributed by atoms with Gasteiger partial charge in [-0.3, -0.25) is 0 Å². The summed E-state index contributed by atoms with van der Waals surface area (Å²) in [5.74, 6) is 0.728. The summed E-state index contributed by atoms with van der Waals surface area (Å²) in [6.07, 6.45) is 0.805. The molecule has 0 amide bonds. The maximum absolute atomic E-state index is 6.01. The zero-order chi connectivity index (χ0) is 12.8. The lowest BCUT2D eigenvalue weighted by atomic mass is 10.3. The minimum absolute atomic E-state index is 0.593. The first-order valence-electron chi connectivity index (χ1n) is 5.75. The third kappa shape index (κ3) is 3.70. The number of rotatable bonds is 6. The van der Waals surface area contributed by atoms with E-state index in [1.807, 2.05) is 31.3 Å². The van der Waals surface area contributed by atoms with E-state index in [-0.39, 0.29) is 0 Å². The molecule has 1 aromatic carbocycles. The van der Waals surface area contributed by atoms with E-state index >= 15 is 0 Å². The summed E-state index contributed by atoms with van der Waals surface area (Å²) in [6.45, 7) is 1.40. The number of aromatic nitrogens is 1. The Hall–Kier alpha value is -1.10. The standard InChI is InChI=1S/C13H15ClN2OS/c1-15-8-10-9-18-13(16-10)6-7-17-12-5-3-2-4-11(12)14/h2-5,9,15H,6-8H2,1H3. The summed E-state index contributed by atoms with van der Waals surface area (Å²) >= 11 is 7.67. The zero-order valence-corrected chi connectivity index (χ0v) is 11.7. The molecule has 0 radical (unpaired) electrons. The molecule has 1 aromatic heterocycles. The average molecular weight is 283 g/mol. The molecule has 0 unspecified atom stereocenters. The second-order valence-electron chi connectivity index (χ2n) is 3.79. The van der Waals surface area contributed by atoms with Gasteiger partial charge in [0.25, 0.3) is 0 Å². The highest BCUT2D eigenvalue weighted by molar-refractivity contribution is 7.09. The van der Waals surface area contributed by atoms with E-state index in [0.29, 0.717) is 11.6 Å². The van der Waals surface area contributed by atoms with Crippen LogP contribution in [0, 0.1) is 0 Å². The number of thiazole rings is 1. The zero-order valence-electron chi connectivity index (χ0n) is 10.1. The smallest absolute Gasteiger partial charge is 0.137 e. The molecule has 0 saturated heterocycles. The number of hydrogen-bond acceptors (Lipinski definition) is 4. The lowest BCUT2D eigenvalue weighted by Crippen LogP contribution is -2.06. The predicted octanol–water partition coefficient (Wildman–Crippen LogP) is 3.14. The van der Waals surface area contributed by atoms with Crippen LogP contribution in [0.25, 0.3) is 0 Å². The highest BCUT2D eigenvalue weighted by atomic mass is 35.5. The topological polar surface area (TPSA) is 34.1 Å². The molecular formula is C13H15ClN2OS. The van der Waals surface area contributed by atoms with Crippen molar-refractivity contribution in [1.82, 2.24) is 10.3 Å². The normalized spacial score (nSPS) is 10.6. The van der Waals surface area contributed by atoms with Crippen molar-refractivity contribution in [2.45, 2.75) is 13.0 Å². The number of nitrogens with one attached hydrogen (secondary N) is 1. The summed E-state index contributed by atoms with van der Waals surface area (Å²) in [5, 5.41) is 6.89. The number of ether oxygens (including phenoxy) is 1. The fourth-order valence-electron chi connectivity index (χ4n) is 1.54. The van der Waals surface area contributed by atoms with Gasteiger partial charge in [0, 0.05) is 18.3 Å². The Bertz CT molecular complexity index is 501. The van der Waals surface area contributed by atoms with Crippen LogP contribution in [0.15, 0.2) is 29.6 Å². The molecular weight excluding hydrogens is 268 g/mol.